The molecular weight excluding hydrogens is 200 g/mol. The number of nitrogens with two attached hydrogens (primary N) is 1. The van der Waals surface area contributed by atoms with Gasteiger partial charge in [0.2, 0.25) is 0 Å². The van der Waals surface area contributed by atoms with Crippen molar-refractivity contribution in [2.75, 3.05) is 0 Å². The molecule has 3 rings (SSSR count). The fraction of sp³-hybridized carbons (Fsp3) is 0.500. The zero-order chi connectivity index (χ0) is 11.0. The fourth-order valence-corrected chi connectivity index (χ4v) is 2.67. The van der Waals surface area contributed by atoms with E-state index in [4.69, 9.17) is 5.73 Å². The van der Waals surface area contributed by atoms with Gasteiger partial charge in [0.25, 0.3) is 0 Å². The molecule has 0 radical (unpaired) electrons. The van der Waals surface area contributed by atoms with Gasteiger partial charge in [0.05, 0.1) is 6.54 Å². The van der Waals surface area contributed by atoms with Crippen LogP contribution in [0, 0.1) is 0 Å². The molecule has 0 atom stereocenters. The van der Waals surface area contributed by atoms with Crippen LogP contribution in [0.2, 0.25) is 0 Å². The lowest BCUT2D eigenvalue weighted by molar-refractivity contribution is 0.508. The zero-order valence-corrected chi connectivity index (χ0v) is 9.26. The second-order valence-electron chi connectivity index (χ2n) is 4.39. The first-order valence-electron chi connectivity index (χ1n) is 5.92. The van der Waals surface area contributed by atoms with E-state index in [0.717, 1.165) is 17.0 Å². The molecule has 0 saturated heterocycles. The first-order valence-corrected chi connectivity index (χ1v) is 5.92. The Hall–Kier alpha value is -1.42. The molecule has 1 aliphatic carbocycles. The van der Waals surface area contributed by atoms with E-state index in [0.29, 0.717) is 12.6 Å². The normalized spacial score (nSPS) is 17.3. The van der Waals surface area contributed by atoms with Crippen molar-refractivity contribution in [3.63, 3.8) is 0 Å². The molecule has 0 spiro atoms. The second-order valence-corrected chi connectivity index (χ2v) is 4.39. The molecule has 4 heteroatoms. The van der Waals surface area contributed by atoms with Crippen LogP contribution in [-0.2, 0) is 6.54 Å². The zero-order valence-electron chi connectivity index (χ0n) is 9.26. The van der Waals surface area contributed by atoms with Crippen molar-refractivity contribution in [1.29, 1.82) is 0 Å². The summed E-state index contributed by atoms with van der Waals surface area (Å²) >= 11 is 0. The van der Waals surface area contributed by atoms with Crippen molar-refractivity contribution in [3.8, 4) is 0 Å². The smallest absolute Gasteiger partial charge is 0.160 e. The summed E-state index contributed by atoms with van der Waals surface area (Å²) in [4.78, 5) is 8.99. The quantitative estimate of drug-likeness (QED) is 0.835. The summed E-state index contributed by atoms with van der Waals surface area (Å²) in [6.07, 6.45) is 6.90. The predicted octanol–water partition coefficient (Wildman–Crippen LogP) is 2.01. The number of pyridine rings is 1. The maximum atomic E-state index is 5.77. The Morgan fingerprint density at radius 3 is 2.94 bits per heavy atom. The van der Waals surface area contributed by atoms with Crippen LogP contribution in [0.3, 0.4) is 0 Å². The molecule has 0 aromatic carbocycles. The van der Waals surface area contributed by atoms with E-state index in [1.165, 1.54) is 25.7 Å². The number of rotatable bonds is 2. The van der Waals surface area contributed by atoms with Gasteiger partial charge in [-0.15, -0.1) is 0 Å². The number of nitrogens with zero attached hydrogens (tertiary/aromatic N) is 3. The molecule has 0 unspecified atom stereocenters. The van der Waals surface area contributed by atoms with Gasteiger partial charge in [-0.25, -0.2) is 9.97 Å². The largest absolute Gasteiger partial charge is 0.324 e. The van der Waals surface area contributed by atoms with Gasteiger partial charge in [-0.2, -0.15) is 0 Å². The third-order valence-electron chi connectivity index (χ3n) is 3.39. The first-order chi connectivity index (χ1) is 7.90. The summed E-state index contributed by atoms with van der Waals surface area (Å²) in [5, 5.41) is 0. The summed E-state index contributed by atoms with van der Waals surface area (Å²) in [6, 6.07) is 4.49. The van der Waals surface area contributed by atoms with Gasteiger partial charge in [0.15, 0.2) is 5.65 Å². The lowest BCUT2D eigenvalue weighted by atomic mass is 10.2. The van der Waals surface area contributed by atoms with Crippen LogP contribution in [0.1, 0.15) is 37.5 Å². The number of fused-ring (bicyclic) bond motifs is 1. The Bertz CT molecular complexity index is 497. The predicted molar refractivity (Wildman–Crippen MR) is 62.9 cm³/mol. The SMILES string of the molecule is NCc1nc2cccnc2n1C1CCCC1. The van der Waals surface area contributed by atoms with Gasteiger partial charge < -0.3 is 10.3 Å². The van der Waals surface area contributed by atoms with E-state index in [-0.39, 0.29) is 0 Å². The average Bonchev–Trinajstić information content (AvgIpc) is 2.94. The van der Waals surface area contributed by atoms with Crippen LogP contribution in [0.25, 0.3) is 11.2 Å². The highest BCUT2D eigenvalue weighted by atomic mass is 15.2. The number of hydrogen-bond donors (Lipinski definition) is 1. The van der Waals surface area contributed by atoms with Gasteiger partial charge in [0, 0.05) is 12.2 Å². The van der Waals surface area contributed by atoms with Crippen LogP contribution in [0.15, 0.2) is 18.3 Å². The third kappa shape index (κ3) is 1.41. The van der Waals surface area contributed by atoms with Gasteiger partial charge in [-0.3, -0.25) is 0 Å². The van der Waals surface area contributed by atoms with Crippen molar-refractivity contribution < 1.29 is 0 Å². The summed E-state index contributed by atoms with van der Waals surface area (Å²) in [5.41, 5.74) is 7.73. The van der Waals surface area contributed by atoms with Gasteiger partial charge in [-0.05, 0) is 25.0 Å². The first kappa shape index (κ1) is 9.78. The topological polar surface area (TPSA) is 56.7 Å². The van der Waals surface area contributed by atoms with Gasteiger partial charge in [-0.1, -0.05) is 12.8 Å². The van der Waals surface area contributed by atoms with Gasteiger partial charge in [0.1, 0.15) is 11.3 Å². The molecule has 84 valence electrons. The molecule has 2 aromatic rings. The maximum Gasteiger partial charge on any atom is 0.160 e. The molecule has 1 saturated carbocycles. The van der Waals surface area contributed by atoms with Crippen LogP contribution >= 0.6 is 0 Å². The van der Waals surface area contributed by atoms with Crippen molar-refractivity contribution >= 4 is 11.2 Å². The lowest BCUT2D eigenvalue weighted by Gasteiger charge is -2.14. The highest BCUT2D eigenvalue weighted by Gasteiger charge is 2.22. The Labute approximate surface area is 94.5 Å². The molecule has 0 amide bonds. The molecule has 1 aliphatic rings. The molecule has 0 bridgehead atoms. The summed E-state index contributed by atoms with van der Waals surface area (Å²) in [7, 11) is 0. The second kappa shape index (κ2) is 3.87. The van der Waals surface area contributed by atoms with Crippen LogP contribution in [0.4, 0.5) is 0 Å². The van der Waals surface area contributed by atoms with E-state index in [2.05, 4.69) is 14.5 Å². The minimum absolute atomic E-state index is 0.493. The highest BCUT2D eigenvalue weighted by molar-refractivity contribution is 5.71. The third-order valence-corrected chi connectivity index (χ3v) is 3.39. The van der Waals surface area contributed by atoms with Crippen molar-refractivity contribution in [2.24, 2.45) is 5.73 Å². The Morgan fingerprint density at radius 1 is 1.38 bits per heavy atom. The van der Waals surface area contributed by atoms with Crippen LogP contribution in [0.5, 0.6) is 0 Å². The number of imidazole rings is 1. The van der Waals surface area contributed by atoms with E-state index in [1.54, 1.807) is 0 Å². The molecule has 2 heterocycles. The van der Waals surface area contributed by atoms with Crippen molar-refractivity contribution in [2.45, 2.75) is 38.3 Å². The Kier molecular flexibility index (Phi) is 2.36. The average molecular weight is 216 g/mol. The molecule has 2 aromatic heterocycles. The summed E-state index contributed by atoms with van der Waals surface area (Å²) in [6.45, 7) is 0.493. The molecule has 1 fully saturated rings. The Morgan fingerprint density at radius 2 is 2.19 bits per heavy atom. The fourth-order valence-electron chi connectivity index (χ4n) is 2.67. The molecule has 16 heavy (non-hydrogen) atoms. The molecular formula is C12H16N4. The standard InChI is InChI=1S/C12H16N4/c13-8-11-15-10-6-3-7-14-12(10)16(11)9-4-1-2-5-9/h3,6-7,9H,1-2,4-5,8,13H2. The monoisotopic (exact) mass is 216 g/mol. The van der Waals surface area contributed by atoms with Gasteiger partial charge >= 0.3 is 0 Å². The molecule has 4 nitrogen and oxygen atoms in total. The van der Waals surface area contributed by atoms with E-state index in [9.17, 15) is 0 Å². The summed E-state index contributed by atoms with van der Waals surface area (Å²) < 4.78 is 2.25. The van der Waals surface area contributed by atoms with E-state index < -0.39 is 0 Å². The van der Waals surface area contributed by atoms with E-state index in [1.807, 2.05) is 18.3 Å². The molecule has 2 N–H and O–H groups in total. The highest BCUT2D eigenvalue weighted by Crippen LogP contribution is 2.32. The Balaban J connectivity index is 2.18. The summed E-state index contributed by atoms with van der Waals surface area (Å²) in [5.74, 6) is 0.973. The minimum atomic E-state index is 0.493. The van der Waals surface area contributed by atoms with E-state index >= 15 is 0 Å². The van der Waals surface area contributed by atoms with Crippen molar-refractivity contribution in [3.05, 3.63) is 24.2 Å². The van der Waals surface area contributed by atoms with Crippen LogP contribution < -0.4 is 5.73 Å². The lowest BCUT2D eigenvalue weighted by Crippen LogP contribution is -2.12. The minimum Gasteiger partial charge on any atom is -0.324 e. The number of aromatic nitrogens is 3. The maximum absolute atomic E-state index is 5.77. The van der Waals surface area contributed by atoms with Crippen LogP contribution in [-0.4, -0.2) is 14.5 Å². The molecule has 0 aliphatic heterocycles. The number of hydrogen-bond acceptors (Lipinski definition) is 3. The van der Waals surface area contributed by atoms with Crippen molar-refractivity contribution in [1.82, 2.24) is 14.5 Å².